The van der Waals surface area contributed by atoms with Crippen LogP contribution in [0.2, 0.25) is 0 Å². The highest BCUT2D eigenvalue weighted by Gasteiger charge is 2.34. The fourth-order valence-corrected chi connectivity index (χ4v) is 4.83. The molecule has 1 saturated heterocycles. The lowest BCUT2D eigenvalue weighted by Gasteiger charge is -2.45. The molecule has 4 N–H and O–H groups in total. The summed E-state index contributed by atoms with van der Waals surface area (Å²) in [5.74, 6) is -0.414. The third-order valence-corrected chi connectivity index (χ3v) is 6.87. The second-order valence-electron chi connectivity index (χ2n) is 11.8. The van der Waals surface area contributed by atoms with Gasteiger partial charge in [-0.1, -0.05) is 33.8 Å². The van der Waals surface area contributed by atoms with Crippen molar-refractivity contribution in [3.63, 3.8) is 0 Å². The Kier molecular flexibility index (Phi) is 10.0. The normalized spacial score (nSPS) is 21.5. The first kappa shape index (κ1) is 30.0. The number of anilines is 2. The number of hydrogen-bond donors (Lipinski definition) is 4. The van der Waals surface area contributed by atoms with Gasteiger partial charge in [0.2, 0.25) is 5.91 Å². The second-order valence-corrected chi connectivity index (χ2v) is 11.8. The SMILES string of the molecule is CC(C)COC(=O)N[C@@H](CCC(=O)N1C(C)CN(c2cccc(NC3=NCC(C)(C)CN3)c2)CC1C)C(=O)O. The fraction of sp³-hybridized carbons (Fsp3) is 0.643. The maximum Gasteiger partial charge on any atom is 0.407 e. The number of amides is 2. The van der Waals surface area contributed by atoms with E-state index in [9.17, 15) is 19.5 Å². The van der Waals surface area contributed by atoms with Crippen LogP contribution in [0.15, 0.2) is 29.3 Å². The van der Waals surface area contributed by atoms with Gasteiger partial charge in [0, 0.05) is 61.5 Å². The number of carbonyl (C=O) groups is 3. The van der Waals surface area contributed by atoms with Gasteiger partial charge < -0.3 is 35.6 Å². The molecule has 11 nitrogen and oxygen atoms in total. The molecule has 2 amide bonds. The van der Waals surface area contributed by atoms with Gasteiger partial charge >= 0.3 is 12.1 Å². The van der Waals surface area contributed by atoms with Crippen LogP contribution in [0.3, 0.4) is 0 Å². The van der Waals surface area contributed by atoms with Gasteiger partial charge in [0.15, 0.2) is 5.96 Å². The van der Waals surface area contributed by atoms with Crippen LogP contribution in [0.25, 0.3) is 0 Å². The average Bonchev–Trinajstić information content (AvgIpc) is 2.86. The van der Waals surface area contributed by atoms with Crippen LogP contribution in [-0.2, 0) is 14.3 Å². The van der Waals surface area contributed by atoms with Crippen LogP contribution in [-0.4, -0.2) is 84.8 Å². The monoisotopic (exact) mass is 544 g/mol. The quantitative estimate of drug-likeness (QED) is 0.372. The standard InChI is InChI=1S/C28H44N6O5/c1-18(2)15-39-27(38)32-23(25(36)37)10-11-24(35)34-19(3)13-33(14-20(34)4)22-9-7-8-21(12-22)31-26-29-16-28(5,6)17-30-26/h7-9,12,18-20,23H,10-11,13-17H2,1-6H3,(H,32,38)(H,36,37)(H2,29,30,31)/t19?,20?,23-/m0/s1. The Hall–Kier alpha value is -3.50. The first-order chi connectivity index (χ1) is 18.3. The molecule has 0 aromatic heterocycles. The molecule has 2 aliphatic rings. The predicted octanol–water partition coefficient (Wildman–Crippen LogP) is 3.13. The summed E-state index contributed by atoms with van der Waals surface area (Å²) in [5.41, 5.74) is 2.13. The molecule has 2 heterocycles. The van der Waals surface area contributed by atoms with E-state index < -0.39 is 18.1 Å². The van der Waals surface area contributed by atoms with E-state index in [0.29, 0.717) is 13.1 Å². The van der Waals surface area contributed by atoms with Crippen molar-refractivity contribution >= 4 is 35.3 Å². The molecular formula is C28H44N6O5. The van der Waals surface area contributed by atoms with E-state index in [2.05, 4.69) is 51.8 Å². The van der Waals surface area contributed by atoms with Crippen molar-refractivity contribution in [3.8, 4) is 0 Å². The van der Waals surface area contributed by atoms with E-state index in [1.54, 1.807) is 0 Å². The van der Waals surface area contributed by atoms with Crippen LogP contribution in [0, 0.1) is 11.3 Å². The molecule has 1 fully saturated rings. The third kappa shape index (κ3) is 8.76. The number of hydrogen-bond acceptors (Lipinski definition) is 8. The summed E-state index contributed by atoms with van der Waals surface area (Å²) in [6, 6.07) is 6.82. The number of nitrogens with one attached hydrogen (secondary N) is 3. The number of aliphatic carboxylic acids is 1. The highest BCUT2D eigenvalue weighted by Crippen LogP contribution is 2.26. The molecule has 0 aliphatic carbocycles. The van der Waals surface area contributed by atoms with Crippen molar-refractivity contribution in [1.29, 1.82) is 0 Å². The lowest BCUT2D eigenvalue weighted by atomic mass is 9.93. The first-order valence-corrected chi connectivity index (χ1v) is 13.7. The number of carboxylic acid groups (broad SMARTS) is 1. The smallest absolute Gasteiger partial charge is 0.407 e. The third-order valence-electron chi connectivity index (χ3n) is 6.87. The topological polar surface area (TPSA) is 136 Å². The number of aliphatic imine (C=N–C) groups is 1. The van der Waals surface area contributed by atoms with Crippen LogP contribution < -0.4 is 20.9 Å². The predicted molar refractivity (Wildman–Crippen MR) is 152 cm³/mol. The molecule has 3 atom stereocenters. The van der Waals surface area contributed by atoms with Gasteiger partial charge in [-0.05, 0) is 44.4 Å². The minimum atomic E-state index is -1.19. The highest BCUT2D eigenvalue weighted by atomic mass is 16.5. The molecule has 2 unspecified atom stereocenters. The van der Waals surface area contributed by atoms with Crippen molar-refractivity contribution in [1.82, 2.24) is 15.5 Å². The Morgan fingerprint density at radius 3 is 2.49 bits per heavy atom. The molecule has 1 aromatic rings. The zero-order valence-electron chi connectivity index (χ0n) is 24.0. The Balaban J connectivity index is 1.56. The zero-order chi connectivity index (χ0) is 28.7. The van der Waals surface area contributed by atoms with Crippen molar-refractivity contribution in [2.75, 3.05) is 43.0 Å². The van der Waals surface area contributed by atoms with Crippen LogP contribution in [0.1, 0.15) is 54.4 Å². The Labute approximate surface area is 231 Å². The van der Waals surface area contributed by atoms with Gasteiger partial charge in [-0.2, -0.15) is 0 Å². The van der Waals surface area contributed by atoms with E-state index in [-0.39, 0.29) is 48.8 Å². The number of guanidine groups is 1. The van der Waals surface area contributed by atoms with Crippen LogP contribution in [0.4, 0.5) is 16.2 Å². The van der Waals surface area contributed by atoms with Crippen LogP contribution in [0.5, 0.6) is 0 Å². The lowest BCUT2D eigenvalue weighted by molar-refractivity contribution is -0.140. The fourth-order valence-electron chi connectivity index (χ4n) is 4.83. The molecule has 3 rings (SSSR count). The van der Waals surface area contributed by atoms with E-state index in [0.717, 1.165) is 30.4 Å². The molecule has 11 heteroatoms. The highest BCUT2D eigenvalue weighted by molar-refractivity contribution is 5.94. The molecule has 1 aromatic carbocycles. The number of rotatable bonds is 9. The van der Waals surface area contributed by atoms with Crippen LogP contribution >= 0.6 is 0 Å². The number of nitrogens with zero attached hydrogens (tertiary/aromatic N) is 3. The molecule has 216 valence electrons. The maximum atomic E-state index is 13.2. The summed E-state index contributed by atoms with van der Waals surface area (Å²) >= 11 is 0. The van der Waals surface area contributed by atoms with Gasteiger partial charge in [0.05, 0.1) is 6.61 Å². The number of alkyl carbamates (subject to hydrolysis) is 1. The first-order valence-electron chi connectivity index (χ1n) is 13.7. The summed E-state index contributed by atoms with van der Waals surface area (Å²) in [6.45, 7) is 15.3. The number of piperazine rings is 1. The van der Waals surface area contributed by atoms with Crippen molar-refractivity contribution in [3.05, 3.63) is 24.3 Å². The minimum Gasteiger partial charge on any atom is -0.480 e. The van der Waals surface area contributed by atoms with Gasteiger partial charge in [-0.3, -0.25) is 9.79 Å². The summed E-state index contributed by atoms with van der Waals surface area (Å²) in [7, 11) is 0. The Morgan fingerprint density at radius 1 is 1.21 bits per heavy atom. The lowest BCUT2D eigenvalue weighted by Crippen LogP contribution is -2.59. The number of carbonyl (C=O) groups excluding carboxylic acids is 2. The number of carboxylic acids is 1. The van der Waals surface area contributed by atoms with Gasteiger partial charge in [-0.25, -0.2) is 9.59 Å². The van der Waals surface area contributed by atoms with E-state index >= 15 is 0 Å². The maximum absolute atomic E-state index is 13.2. The Bertz CT molecular complexity index is 1050. The van der Waals surface area contributed by atoms with Gasteiger partial charge in [0.1, 0.15) is 6.04 Å². The average molecular weight is 545 g/mol. The Morgan fingerprint density at radius 2 is 1.90 bits per heavy atom. The summed E-state index contributed by atoms with van der Waals surface area (Å²) in [6.07, 6.45) is -0.778. The molecule has 0 spiro atoms. The van der Waals surface area contributed by atoms with E-state index in [1.807, 2.05) is 44.7 Å². The molecular weight excluding hydrogens is 500 g/mol. The number of ether oxygens (including phenoxy) is 1. The largest absolute Gasteiger partial charge is 0.480 e. The van der Waals surface area contributed by atoms with Gasteiger partial charge in [-0.15, -0.1) is 0 Å². The molecule has 0 saturated carbocycles. The summed E-state index contributed by atoms with van der Waals surface area (Å²) < 4.78 is 5.03. The summed E-state index contributed by atoms with van der Waals surface area (Å²) in [4.78, 5) is 45.4. The van der Waals surface area contributed by atoms with E-state index in [4.69, 9.17) is 4.74 Å². The van der Waals surface area contributed by atoms with Crippen molar-refractivity contribution < 1.29 is 24.2 Å². The van der Waals surface area contributed by atoms with Crippen molar-refractivity contribution in [2.24, 2.45) is 16.3 Å². The van der Waals surface area contributed by atoms with Gasteiger partial charge in [0.25, 0.3) is 0 Å². The molecule has 39 heavy (non-hydrogen) atoms. The molecule has 0 bridgehead atoms. The summed E-state index contributed by atoms with van der Waals surface area (Å²) in [5, 5.41) is 18.6. The zero-order valence-corrected chi connectivity index (χ0v) is 24.0. The second kappa shape index (κ2) is 13.0. The molecule has 2 aliphatic heterocycles. The van der Waals surface area contributed by atoms with E-state index in [1.165, 1.54) is 0 Å². The van der Waals surface area contributed by atoms with Crippen molar-refractivity contribution in [2.45, 2.75) is 72.5 Å². The number of benzene rings is 1. The molecule has 0 radical (unpaired) electrons. The minimum absolute atomic E-state index is 0.00653.